The van der Waals surface area contributed by atoms with E-state index in [0.29, 0.717) is 40.3 Å². The Morgan fingerprint density at radius 3 is 1.71 bits per heavy atom. The van der Waals surface area contributed by atoms with E-state index in [-0.39, 0.29) is 0 Å². The zero-order valence-electron chi connectivity index (χ0n) is 21.7. The fraction of sp³-hybridized carbons (Fsp3) is 0.0312. The zero-order chi connectivity index (χ0) is 27.1. The Kier molecular flexibility index (Phi) is 4.35. The Balaban J connectivity index is 1.53. The molecule has 7 aromatic rings. The average Bonchev–Trinajstić information content (AvgIpc) is 3.72. The van der Waals surface area contributed by atoms with Gasteiger partial charge in [0.1, 0.15) is 28.3 Å². The maximum absolute atomic E-state index is 5.17. The molecule has 0 saturated carbocycles. The Hall–Kier alpha value is -5.83. The van der Waals surface area contributed by atoms with E-state index in [2.05, 4.69) is 28.2 Å². The molecule has 2 aliphatic rings. The van der Waals surface area contributed by atoms with Crippen molar-refractivity contribution in [3.63, 3.8) is 0 Å². The zero-order valence-corrected chi connectivity index (χ0v) is 21.7. The molecule has 0 unspecified atom stereocenters. The van der Waals surface area contributed by atoms with Crippen LogP contribution in [0.1, 0.15) is 0 Å². The van der Waals surface area contributed by atoms with Crippen LogP contribution < -0.4 is 0 Å². The van der Waals surface area contributed by atoms with Crippen molar-refractivity contribution in [2.45, 2.75) is 0 Å². The van der Waals surface area contributed by atoms with Crippen molar-refractivity contribution in [3.8, 4) is 45.7 Å². The first kappa shape index (κ1) is 22.0. The molecule has 0 aliphatic carbocycles. The lowest BCUT2D eigenvalue weighted by Gasteiger charge is -1.98. The number of benzene rings is 3. The molecule has 9 nitrogen and oxygen atoms in total. The van der Waals surface area contributed by atoms with E-state index < -0.39 is 0 Å². The maximum Gasteiger partial charge on any atom is 0.183 e. The molecular weight excluding hydrogens is 510 g/mol. The van der Waals surface area contributed by atoms with Gasteiger partial charge in [0.05, 0.1) is 0 Å². The van der Waals surface area contributed by atoms with Gasteiger partial charge in [0.2, 0.25) is 0 Å². The Morgan fingerprint density at radius 2 is 1.00 bits per heavy atom. The molecule has 41 heavy (non-hydrogen) atoms. The number of fused-ring (bicyclic) bond motifs is 20. The van der Waals surface area contributed by atoms with E-state index in [1.165, 1.54) is 0 Å². The number of nitrogens with zero attached hydrogens (tertiary/aromatic N) is 8. The molecule has 8 bridgehead atoms. The molecule has 0 amide bonds. The van der Waals surface area contributed by atoms with Crippen LogP contribution in [0, 0.1) is 0 Å². The lowest BCUT2D eigenvalue weighted by Crippen LogP contribution is -1.92. The van der Waals surface area contributed by atoms with Crippen molar-refractivity contribution >= 4 is 44.1 Å². The summed E-state index contributed by atoms with van der Waals surface area (Å²) in [6, 6.07) is 28.1. The summed E-state index contributed by atoms with van der Waals surface area (Å²) in [5.41, 5.74) is 6.21. The lowest BCUT2D eigenvalue weighted by atomic mass is 10.1. The first-order chi connectivity index (χ1) is 20.2. The number of rotatable bonds is 0. The first-order valence-corrected chi connectivity index (χ1v) is 13.2. The minimum atomic E-state index is 0.470. The first-order valence-electron chi connectivity index (χ1n) is 13.2. The van der Waals surface area contributed by atoms with Crippen LogP contribution in [-0.4, -0.2) is 44.4 Å². The number of H-pyrrole nitrogens is 1. The van der Waals surface area contributed by atoms with Crippen molar-refractivity contribution in [1.82, 2.24) is 44.4 Å². The smallest absolute Gasteiger partial charge is 0.183 e. The van der Waals surface area contributed by atoms with Gasteiger partial charge < -0.3 is 9.55 Å². The van der Waals surface area contributed by atoms with Crippen LogP contribution in [0.25, 0.3) is 89.8 Å². The van der Waals surface area contributed by atoms with Gasteiger partial charge in [-0.15, -0.1) is 0 Å². The molecule has 3 aromatic carbocycles. The number of pyridine rings is 1. The molecule has 0 radical (unpaired) electrons. The topological polar surface area (TPSA) is 111 Å². The third-order valence-electron chi connectivity index (χ3n) is 7.67. The van der Waals surface area contributed by atoms with Gasteiger partial charge in [0.25, 0.3) is 0 Å². The van der Waals surface area contributed by atoms with Crippen LogP contribution in [0.4, 0.5) is 0 Å². The highest BCUT2D eigenvalue weighted by Gasteiger charge is 2.24. The van der Waals surface area contributed by atoms with Crippen LogP contribution in [0.5, 0.6) is 0 Å². The molecule has 2 aliphatic heterocycles. The molecule has 4 aromatic heterocycles. The molecule has 9 rings (SSSR count). The molecule has 0 saturated heterocycles. The van der Waals surface area contributed by atoms with E-state index in [0.717, 1.165) is 49.5 Å². The summed E-state index contributed by atoms with van der Waals surface area (Å²) in [5, 5.41) is 3.90. The molecule has 0 spiro atoms. The predicted molar refractivity (Wildman–Crippen MR) is 158 cm³/mol. The van der Waals surface area contributed by atoms with Gasteiger partial charge in [-0.25, -0.2) is 29.9 Å². The van der Waals surface area contributed by atoms with E-state index >= 15 is 0 Å². The maximum atomic E-state index is 5.17. The fourth-order valence-electron chi connectivity index (χ4n) is 5.74. The second-order valence-corrected chi connectivity index (χ2v) is 10.0. The van der Waals surface area contributed by atoms with Crippen LogP contribution in [0.2, 0.25) is 0 Å². The predicted octanol–water partition coefficient (Wildman–Crippen LogP) is 6.27. The summed E-state index contributed by atoms with van der Waals surface area (Å²) in [5.74, 6) is 2.13. The van der Waals surface area contributed by atoms with E-state index in [4.69, 9.17) is 29.9 Å². The van der Waals surface area contributed by atoms with Gasteiger partial charge in [-0.1, -0.05) is 72.8 Å². The molecule has 6 heterocycles. The number of hydrogen-bond donors (Lipinski definition) is 1. The molecule has 0 atom stereocenters. The van der Waals surface area contributed by atoms with Crippen molar-refractivity contribution in [3.05, 3.63) is 91.1 Å². The number of aryl methyl sites for hydroxylation is 1. The summed E-state index contributed by atoms with van der Waals surface area (Å²) < 4.78 is 2.01. The minimum absolute atomic E-state index is 0.470. The van der Waals surface area contributed by atoms with Crippen LogP contribution in [-0.2, 0) is 7.05 Å². The van der Waals surface area contributed by atoms with Crippen LogP contribution in [0.3, 0.4) is 0 Å². The Bertz CT molecular complexity index is 2400. The number of aromatic amines is 1. The lowest BCUT2D eigenvalue weighted by molar-refractivity contribution is 0.970. The van der Waals surface area contributed by atoms with Gasteiger partial charge >= 0.3 is 0 Å². The van der Waals surface area contributed by atoms with Gasteiger partial charge in [0.15, 0.2) is 23.3 Å². The number of aromatic nitrogens is 9. The van der Waals surface area contributed by atoms with Crippen molar-refractivity contribution < 1.29 is 0 Å². The van der Waals surface area contributed by atoms with E-state index in [9.17, 15) is 0 Å². The summed E-state index contributed by atoms with van der Waals surface area (Å²) >= 11 is 0. The quantitative estimate of drug-likeness (QED) is 0.246. The Morgan fingerprint density at radius 1 is 0.488 bits per heavy atom. The molecule has 1 N–H and O–H groups in total. The standard InChI is InChI=1S/C32H19N9/c1-41-31-21-13-6-7-14-22(21)32(41)40-29-23-15-8-16-33-24(23)30(38-29)37-27-18-10-3-2-9-17(18)25(35-27)34-26-19-11-4-5-12-20(19)28(36-26)39-31/h2-16H,1H3,(H,34,35,36,37,38,39,40). The normalized spacial score (nSPS) is 12.0. The summed E-state index contributed by atoms with van der Waals surface area (Å²) in [4.78, 5) is 38.1. The second-order valence-electron chi connectivity index (χ2n) is 10.0. The molecule has 0 fully saturated rings. The fourth-order valence-corrected chi connectivity index (χ4v) is 5.74. The SMILES string of the molecule is Cn1c2nc3nc(nc4nc(nc5[nH]c(nc1c1ccccc12)c1ccccc51)-c1ccccc1-4)-c1ncccc1-3. The monoisotopic (exact) mass is 529 g/mol. The third kappa shape index (κ3) is 3.14. The highest BCUT2D eigenvalue weighted by Crippen LogP contribution is 2.37. The van der Waals surface area contributed by atoms with Crippen molar-refractivity contribution in [2.24, 2.45) is 7.05 Å². The molecule has 9 heteroatoms. The molecular formula is C32H19N9. The van der Waals surface area contributed by atoms with Gasteiger partial charge in [-0.2, -0.15) is 0 Å². The van der Waals surface area contributed by atoms with Crippen LogP contribution in [0.15, 0.2) is 91.1 Å². The molecule has 192 valence electrons. The number of nitrogens with one attached hydrogen (secondary N) is 1. The van der Waals surface area contributed by atoms with Gasteiger partial charge in [0, 0.05) is 51.5 Å². The van der Waals surface area contributed by atoms with E-state index in [1.54, 1.807) is 6.20 Å². The van der Waals surface area contributed by atoms with Gasteiger partial charge in [-0.3, -0.25) is 4.98 Å². The highest BCUT2D eigenvalue weighted by atomic mass is 15.1. The summed E-state index contributed by atoms with van der Waals surface area (Å²) in [6.45, 7) is 0. The van der Waals surface area contributed by atoms with E-state index in [1.807, 2.05) is 78.3 Å². The largest absolute Gasteiger partial charge is 0.324 e. The highest BCUT2D eigenvalue weighted by molar-refractivity contribution is 6.08. The Labute approximate surface area is 232 Å². The van der Waals surface area contributed by atoms with Crippen molar-refractivity contribution in [1.29, 1.82) is 0 Å². The second kappa shape index (κ2) is 8.09. The third-order valence-corrected chi connectivity index (χ3v) is 7.67. The van der Waals surface area contributed by atoms with Crippen LogP contribution >= 0.6 is 0 Å². The van der Waals surface area contributed by atoms with Gasteiger partial charge in [-0.05, 0) is 12.1 Å². The summed E-state index contributed by atoms with van der Waals surface area (Å²) in [6.07, 6.45) is 1.75. The van der Waals surface area contributed by atoms with Crippen molar-refractivity contribution in [2.75, 3.05) is 0 Å². The minimum Gasteiger partial charge on any atom is -0.324 e. The number of hydrogen-bond acceptors (Lipinski definition) is 7. The average molecular weight is 530 g/mol. The summed E-state index contributed by atoms with van der Waals surface area (Å²) in [7, 11) is 1.98.